The molecule has 0 fully saturated rings. The molecule has 0 saturated carbocycles. The maximum Gasteiger partial charge on any atom is 0.255 e. The summed E-state index contributed by atoms with van der Waals surface area (Å²) in [6.45, 7) is 3.25. The van der Waals surface area contributed by atoms with Gasteiger partial charge in [-0.25, -0.2) is 0 Å². The molecule has 0 heterocycles. The number of benzene rings is 3. The maximum atomic E-state index is 12.4. The van der Waals surface area contributed by atoms with E-state index in [1.54, 1.807) is 48.5 Å². The molecule has 5 nitrogen and oxygen atoms in total. The van der Waals surface area contributed by atoms with Gasteiger partial charge < -0.3 is 15.4 Å². The molecule has 0 aliphatic heterocycles. The van der Waals surface area contributed by atoms with Crippen molar-refractivity contribution in [2.75, 3.05) is 11.9 Å². The first-order chi connectivity index (χ1) is 14.7. The highest BCUT2D eigenvalue weighted by Crippen LogP contribution is 2.15. The molecular formula is C25H26N2O3. The van der Waals surface area contributed by atoms with E-state index in [9.17, 15) is 9.59 Å². The van der Waals surface area contributed by atoms with E-state index in [-0.39, 0.29) is 11.8 Å². The number of nitrogens with one attached hydrogen (secondary N) is 2. The highest BCUT2D eigenvalue weighted by atomic mass is 16.5. The van der Waals surface area contributed by atoms with E-state index in [0.29, 0.717) is 30.0 Å². The van der Waals surface area contributed by atoms with Crippen molar-refractivity contribution in [3.63, 3.8) is 0 Å². The summed E-state index contributed by atoms with van der Waals surface area (Å²) in [7, 11) is 0. The van der Waals surface area contributed by atoms with Crippen LogP contribution in [0.1, 0.15) is 46.0 Å². The van der Waals surface area contributed by atoms with Crippen LogP contribution in [0.4, 0.5) is 5.69 Å². The molecule has 3 aromatic carbocycles. The molecule has 0 aliphatic carbocycles. The van der Waals surface area contributed by atoms with Crippen LogP contribution >= 0.6 is 0 Å². The van der Waals surface area contributed by atoms with Crippen molar-refractivity contribution in [3.05, 3.63) is 95.6 Å². The van der Waals surface area contributed by atoms with Crippen LogP contribution in [0.15, 0.2) is 78.9 Å². The molecule has 3 rings (SSSR count). The Morgan fingerprint density at radius 1 is 0.800 bits per heavy atom. The minimum atomic E-state index is -0.212. The van der Waals surface area contributed by atoms with Crippen molar-refractivity contribution in [2.45, 2.75) is 26.3 Å². The van der Waals surface area contributed by atoms with Gasteiger partial charge in [-0.05, 0) is 60.5 Å². The number of carbonyl (C=O) groups excluding carboxylic acids is 2. The summed E-state index contributed by atoms with van der Waals surface area (Å²) in [5, 5.41) is 5.73. The summed E-state index contributed by atoms with van der Waals surface area (Å²) >= 11 is 0. The number of anilines is 1. The third-order valence-electron chi connectivity index (χ3n) is 4.58. The Bertz CT molecular complexity index is 952. The second-order valence-corrected chi connectivity index (χ2v) is 6.93. The summed E-state index contributed by atoms with van der Waals surface area (Å²) in [5.74, 6) is 0.387. The van der Waals surface area contributed by atoms with Gasteiger partial charge in [-0.3, -0.25) is 9.59 Å². The van der Waals surface area contributed by atoms with E-state index in [2.05, 4.69) is 17.6 Å². The van der Waals surface area contributed by atoms with Gasteiger partial charge in [-0.1, -0.05) is 43.7 Å². The van der Waals surface area contributed by atoms with E-state index in [1.807, 2.05) is 30.3 Å². The zero-order valence-corrected chi connectivity index (χ0v) is 17.1. The van der Waals surface area contributed by atoms with Crippen molar-refractivity contribution in [1.29, 1.82) is 0 Å². The first-order valence-electron chi connectivity index (χ1n) is 10.1. The fourth-order valence-electron chi connectivity index (χ4n) is 2.83. The molecule has 154 valence electrons. The highest BCUT2D eigenvalue weighted by Gasteiger charge is 2.09. The van der Waals surface area contributed by atoms with E-state index in [0.717, 1.165) is 24.2 Å². The number of ether oxygens (including phenoxy) is 1. The topological polar surface area (TPSA) is 67.4 Å². The standard InChI is InChI=1S/C25H26N2O3/c1-2-3-17-30-23-15-11-21(12-16-23)25(29)27-22-13-9-20(10-14-22)24(28)26-18-19-7-5-4-6-8-19/h4-16H,2-3,17-18H2,1H3,(H,26,28)(H,27,29). The Kier molecular flexibility index (Phi) is 7.61. The molecule has 0 spiro atoms. The van der Waals surface area contributed by atoms with Crippen LogP contribution in [0.3, 0.4) is 0 Å². The summed E-state index contributed by atoms with van der Waals surface area (Å²) in [6.07, 6.45) is 2.08. The predicted octanol–water partition coefficient (Wildman–Crippen LogP) is 5.05. The largest absolute Gasteiger partial charge is 0.494 e. The molecule has 0 aliphatic rings. The van der Waals surface area contributed by atoms with E-state index in [4.69, 9.17) is 4.74 Å². The fourth-order valence-corrected chi connectivity index (χ4v) is 2.83. The van der Waals surface area contributed by atoms with E-state index < -0.39 is 0 Å². The van der Waals surface area contributed by atoms with Gasteiger partial charge in [0.05, 0.1) is 6.61 Å². The maximum absolute atomic E-state index is 12.4. The quantitative estimate of drug-likeness (QED) is 0.492. The van der Waals surface area contributed by atoms with Crippen LogP contribution in [-0.4, -0.2) is 18.4 Å². The molecule has 0 radical (unpaired) electrons. The van der Waals surface area contributed by atoms with Crippen molar-refractivity contribution >= 4 is 17.5 Å². The van der Waals surface area contributed by atoms with Crippen LogP contribution in [0.5, 0.6) is 5.75 Å². The summed E-state index contributed by atoms with van der Waals surface area (Å²) in [6, 6.07) is 23.6. The van der Waals surface area contributed by atoms with Gasteiger partial charge in [0.2, 0.25) is 0 Å². The van der Waals surface area contributed by atoms with E-state index in [1.165, 1.54) is 0 Å². The number of unbranched alkanes of at least 4 members (excludes halogenated alkanes) is 1. The second-order valence-electron chi connectivity index (χ2n) is 6.93. The number of amides is 2. The normalized spacial score (nSPS) is 10.3. The van der Waals surface area contributed by atoms with Gasteiger partial charge in [-0.15, -0.1) is 0 Å². The van der Waals surface area contributed by atoms with Gasteiger partial charge >= 0.3 is 0 Å². The summed E-state index contributed by atoms with van der Waals surface area (Å²) < 4.78 is 5.61. The minimum absolute atomic E-state index is 0.157. The average Bonchev–Trinajstić information content (AvgIpc) is 2.79. The van der Waals surface area contributed by atoms with Crippen LogP contribution in [0.25, 0.3) is 0 Å². The Hall–Kier alpha value is -3.60. The van der Waals surface area contributed by atoms with Crippen molar-refractivity contribution in [2.24, 2.45) is 0 Å². The van der Waals surface area contributed by atoms with Crippen molar-refractivity contribution in [3.8, 4) is 5.75 Å². The second kappa shape index (κ2) is 10.8. The molecule has 3 aromatic rings. The first-order valence-corrected chi connectivity index (χ1v) is 10.1. The van der Waals surface area contributed by atoms with Gasteiger partial charge in [-0.2, -0.15) is 0 Å². The smallest absolute Gasteiger partial charge is 0.255 e. The zero-order valence-electron chi connectivity index (χ0n) is 17.1. The van der Waals surface area contributed by atoms with Crippen LogP contribution in [-0.2, 0) is 6.54 Å². The molecule has 0 bridgehead atoms. The van der Waals surface area contributed by atoms with E-state index >= 15 is 0 Å². The molecule has 0 aromatic heterocycles. The summed E-state index contributed by atoms with van der Waals surface area (Å²) in [5.41, 5.74) is 2.75. The molecule has 0 saturated heterocycles. The Morgan fingerprint density at radius 3 is 2.10 bits per heavy atom. The van der Waals surface area contributed by atoms with Crippen LogP contribution in [0.2, 0.25) is 0 Å². The average molecular weight is 402 g/mol. The van der Waals surface area contributed by atoms with Crippen molar-refractivity contribution in [1.82, 2.24) is 5.32 Å². The Morgan fingerprint density at radius 2 is 1.43 bits per heavy atom. The fraction of sp³-hybridized carbons (Fsp3) is 0.200. The molecule has 0 atom stereocenters. The Balaban J connectivity index is 1.52. The number of rotatable bonds is 9. The predicted molar refractivity (Wildman–Crippen MR) is 119 cm³/mol. The lowest BCUT2D eigenvalue weighted by Crippen LogP contribution is -2.22. The molecule has 30 heavy (non-hydrogen) atoms. The number of hydrogen-bond donors (Lipinski definition) is 2. The monoisotopic (exact) mass is 402 g/mol. The lowest BCUT2D eigenvalue weighted by molar-refractivity contribution is 0.0950. The van der Waals surface area contributed by atoms with Gasteiger partial charge in [0, 0.05) is 23.4 Å². The third-order valence-corrected chi connectivity index (χ3v) is 4.58. The molecule has 0 unspecified atom stereocenters. The molecular weight excluding hydrogens is 376 g/mol. The molecule has 2 amide bonds. The number of hydrogen-bond acceptors (Lipinski definition) is 3. The lowest BCUT2D eigenvalue weighted by Gasteiger charge is -2.09. The Labute approximate surface area is 177 Å². The third kappa shape index (κ3) is 6.21. The highest BCUT2D eigenvalue weighted by molar-refractivity contribution is 6.04. The zero-order chi connectivity index (χ0) is 21.2. The first kappa shape index (κ1) is 21.1. The summed E-state index contributed by atoms with van der Waals surface area (Å²) in [4.78, 5) is 24.7. The van der Waals surface area contributed by atoms with Crippen LogP contribution in [0, 0.1) is 0 Å². The lowest BCUT2D eigenvalue weighted by atomic mass is 10.1. The van der Waals surface area contributed by atoms with Crippen LogP contribution < -0.4 is 15.4 Å². The minimum Gasteiger partial charge on any atom is -0.494 e. The van der Waals surface area contributed by atoms with Gasteiger partial charge in [0.1, 0.15) is 5.75 Å². The number of carbonyl (C=O) groups is 2. The molecule has 5 heteroatoms. The van der Waals surface area contributed by atoms with Crippen molar-refractivity contribution < 1.29 is 14.3 Å². The van der Waals surface area contributed by atoms with Gasteiger partial charge in [0.15, 0.2) is 0 Å². The SMILES string of the molecule is CCCCOc1ccc(C(=O)Nc2ccc(C(=O)NCc3ccccc3)cc2)cc1. The van der Waals surface area contributed by atoms with Gasteiger partial charge in [0.25, 0.3) is 11.8 Å². The molecule has 2 N–H and O–H groups in total.